The Morgan fingerprint density at radius 1 is 0.857 bits per heavy atom. The van der Waals surface area contributed by atoms with Gasteiger partial charge in [-0.15, -0.1) is 15.3 Å². The number of hydrogen-bond acceptors (Lipinski definition) is 6. The molecule has 5 aromatic rings. The van der Waals surface area contributed by atoms with Gasteiger partial charge in [-0.3, -0.25) is 4.79 Å². The largest absolute Gasteiger partial charge is 0.497 e. The summed E-state index contributed by atoms with van der Waals surface area (Å²) in [6, 6.07) is 17.5. The van der Waals surface area contributed by atoms with Crippen molar-refractivity contribution in [3.8, 4) is 28.3 Å². The van der Waals surface area contributed by atoms with Crippen molar-refractivity contribution in [2.75, 3.05) is 7.11 Å². The molecule has 2 aromatic heterocycles. The first-order valence-electron chi connectivity index (χ1n) is 10.5. The maximum Gasteiger partial charge on any atom is 0.352 e. The fourth-order valence-corrected chi connectivity index (χ4v) is 3.69. The number of rotatable bonds is 6. The summed E-state index contributed by atoms with van der Waals surface area (Å²) < 4.78 is 34.4. The van der Waals surface area contributed by atoms with Gasteiger partial charge in [0.25, 0.3) is 5.78 Å². The van der Waals surface area contributed by atoms with Gasteiger partial charge in [-0.25, -0.2) is 22.7 Å². The topological polar surface area (TPSA) is 91.4 Å². The van der Waals surface area contributed by atoms with Crippen LogP contribution >= 0.6 is 0 Å². The molecule has 0 radical (unpaired) electrons. The number of benzene rings is 3. The number of hydrogen-bond donors (Lipinski definition) is 0. The van der Waals surface area contributed by atoms with Crippen LogP contribution in [0.4, 0.5) is 8.78 Å². The molecule has 10 heteroatoms. The monoisotopic (exact) mass is 473 g/mol. The Kier molecular flexibility index (Phi) is 5.61. The third-order valence-corrected chi connectivity index (χ3v) is 5.45. The first-order chi connectivity index (χ1) is 16.9. The molecular formula is C25H17F2N5O3. The second-order valence-corrected chi connectivity index (χ2v) is 7.64. The highest BCUT2D eigenvalue weighted by Gasteiger charge is 2.21. The summed E-state index contributed by atoms with van der Waals surface area (Å²) >= 11 is 0. The summed E-state index contributed by atoms with van der Waals surface area (Å²) in [4.78, 5) is 26.2. The number of fused-ring (bicyclic) bond motifs is 1. The second kappa shape index (κ2) is 8.90. The van der Waals surface area contributed by atoms with E-state index in [-0.39, 0.29) is 29.5 Å². The fourth-order valence-electron chi connectivity index (χ4n) is 3.69. The first kappa shape index (κ1) is 22.1. The predicted octanol–water partition coefficient (Wildman–Crippen LogP) is 3.79. The molecule has 0 aliphatic heterocycles. The van der Waals surface area contributed by atoms with Crippen LogP contribution in [-0.2, 0) is 6.54 Å². The van der Waals surface area contributed by atoms with Crippen molar-refractivity contribution in [2.45, 2.75) is 6.54 Å². The number of methoxy groups -OCH3 is 1. The number of carbonyl (C=O) groups excluding carboxylic acids is 1. The molecule has 2 heterocycles. The van der Waals surface area contributed by atoms with Crippen LogP contribution in [0.3, 0.4) is 0 Å². The fraction of sp³-hybridized carbons (Fsp3) is 0.0800. The molecule has 0 spiro atoms. The predicted molar refractivity (Wildman–Crippen MR) is 123 cm³/mol. The van der Waals surface area contributed by atoms with E-state index in [0.29, 0.717) is 22.4 Å². The second-order valence-electron chi connectivity index (χ2n) is 7.64. The zero-order valence-electron chi connectivity index (χ0n) is 18.4. The molecule has 0 N–H and O–H groups in total. The molecule has 0 amide bonds. The Labute approximate surface area is 197 Å². The van der Waals surface area contributed by atoms with Crippen LogP contribution < -0.4 is 10.4 Å². The lowest BCUT2D eigenvalue weighted by Gasteiger charge is -2.10. The maximum atomic E-state index is 13.6. The molecule has 0 saturated carbocycles. The molecule has 0 atom stereocenters. The average molecular weight is 473 g/mol. The summed E-state index contributed by atoms with van der Waals surface area (Å²) in [7, 11) is 1.52. The van der Waals surface area contributed by atoms with Crippen molar-refractivity contribution < 1.29 is 18.3 Å². The molecule has 174 valence electrons. The number of Topliss-reactive ketones (excluding diaryl/α,β-unsaturated/α-hetero) is 1. The Morgan fingerprint density at radius 2 is 1.46 bits per heavy atom. The minimum absolute atomic E-state index is 0.0392. The van der Waals surface area contributed by atoms with Crippen LogP contribution in [0.2, 0.25) is 0 Å². The van der Waals surface area contributed by atoms with E-state index in [2.05, 4.69) is 15.3 Å². The molecule has 0 unspecified atom stereocenters. The molecule has 8 nitrogen and oxygen atoms in total. The Hall–Kier alpha value is -4.73. The van der Waals surface area contributed by atoms with E-state index in [1.165, 1.54) is 60.0 Å². The third-order valence-electron chi connectivity index (χ3n) is 5.45. The van der Waals surface area contributed by atoms with Crippen LogP contribution in [0.25, 0.3) is 28.3 Å². The van der Waals surface area contributed by atoms with Crippen molar-refractivity contribution in [2.24, 2.45) is 0 Å². The molecule has 0 saturated heterocycles. The molecule has 3 aromatic carbocycles. The van der Waals surface area contributed by atoms with E-state index in [1.807, 2.05) is 0 Å². The normalized spacial score (nSPS) is 11.1. The molecule has 0 bridgehead atoms. The smallest absolute Gasteiger partial charge is 0.352 e. The lowest BCUT2D eigenvalue weighted by molar-refractivity contribution is 0.0966. The summed E-state index contributed by atoms with van der Waals surface area (Å²) in [6.07, 6.45) is 0. The lowest BCUT2D eigenvalue weighted by atomic mass is 10.0. The number of aromatic nitrogens is 5. The van der Waals surface area contributed by atoms with Gasteiger partial charge in [0.1, 0.15) is 29.6 Å². The van der Waals surface area contributed by atoms with Crippen molar-refractivity contribution in [1.29, 1.82) is 0 Å². The molecule has 0 aliphatic carbocycles. The van der Waals surface area contributed by atoms with E-state index in [4.69, 9.17) is 4.74 Å². The number of halogens is 2. The van der Waals surface area contributed by atoms with E-state index in [9.17, 15) is 18.4 Å². The molecule has 0 fully saturated rings. The van der Waals surface area contributed by atoms with Gasteiger partial charge in [0.2, 0.25) is 0 Å². The average Bonchev–Trinajstić information content (AvgIpc) is 3.19. The van der Waals surface area contributed by atoms with E-state index in [0.717, 1.165) is 4.68 Å². The van der Waals surface area contributed by atoms with Gasteiger partial charge in [-0.1, -0.05) is 0 Å². The van der Waals surface area contributed by atoms with E-state index < -0.39 is 17.3 Å². The summed E-state index contributed by atoms with van der Waals surface area (Å²) in [5, 5.41) is 12.4. The maximum absolute atomic E-state index is 13.6. The SMILES string of the molecule is COc1ccc(C(=O)Cn2nc3nnc(-c4ccc(F)cc4)c(-c4ccc(F)cc4)n3c2=O)cc1. The highest BCUT2D eigenvalue weighted by atomic mass is 19.1. The molecular weight excluding hydrogens is 456 g/mol. The quantitative estimate of drug-likeness (QED) is 0.349. The highest BCUT2D eigenvalue weighted by Crippen LogP contribution is 2.30. The number of ether oxygens (including phenoxy) is 1. The van der Waals surface area contributed by atoms with Crippen molar-refractivity contribution in [3.63, 3.8) is 0 Å². The number of carbonyl (C=O) groups is 1. The van der Waals surface area contributed by atoms with Crippen LogP contribution in [0.15, 0.2) is 77.6 Å². The van der Waals surface area contributed by atoms with Crippen molar-refractivity contribution >= 4 is 11.6 Å². The highest BCUT2D eigenvalue weighted by molar-refractivity contribution is 5.96. The number of nitrogens with zero attached hydrogens (tertiary/aromatic N) is 5. The Balaban J connectivity index is 1.65. The van der Waals surface area contributed by atoms with Crippen molar-refractivity contribution in [1.82, 2.24) is 24.4 Å². The minimum atomic E-state index is -0.626. The zero-order chi connectivity index (χ0) is 24.5. The van der Waals surface area contributed by atoms with Gasteiger partial charge in [0.15, 0.2) is 5.78 Å². The van der Waals surface area contributed by atoms with Crippen LogP contribution in [0, 0.1) is 11.6 Å². The number of ketones is 1. The van der Waals surface area contributed by atoms with Gasteiger partial charge >= 0.3 is 5.69 Å². The molecule has 5 rings (SSSR count). The van der Waals surface area contributed by atoms with Crippen LogP contribution in [-0.4, -0.2) is 37.3 Å². The first-order valence-corrected chi connectivity index (χ1v) is 10.5. The Morgan fingerprint density at radius 3 is 2.06 bits per heavy atom. The van der Waals surface area contributed by atoms with Gasteiger partial charge in [0, 0.05) is 16.7 Å². The molecule has 35 heavy (non-hydrogen) atoms. The van der Waals surface area contributed by atoms with Crippen molar-refractivity contribution in [3.05, 3.63) is 100 Å². The standard InChI is InChI=1S/C25H17F2N5O3/c1-35-20-12-6-15(7-13-20)21(33)14-31-25(34)32-23(17-4-10-19(27)11-5-17)22(28-29-24(32)30-31)16-2-8-18(26)9-3-16/h2-13H,14H2,1H3. The zero-order valence-corrected chi connectivity index (χ0v) is 18.4. The van der Waals surface area contributed by atoms with E-state index >= 15 is 0 Å². The third kappa shape index (κ3) is 4.17. The minimum Gasteiger partial charge on any atom is -0.497 e. The van der Waals surface area contributed by atoms with Crippen LogP contribution in [0.5, 0.6) is 5.75 Å². The summed E-state index contributed by atoms with van der Waals surface area (Å²) in [5.74, 6) is -0.675. The molecule has 0 aliphatic rings. The Bertz CT molecular complexity index is 1590. The van der Waals surface area contributed by atoms with Gasteiger partial charge in [0.05, 0.1) is 12.8 Å². The summed E-state index contributed by atoms with van der Waals surface area (Å²) in [5.41, 5.74) is 1.27. The van der Waals surface area contributed by atoms with E-state index in [1.54, 1.807) is 24.3 Å². The lowest BCUT2D eigenvalue weighted by Crippen LogP contribution is -2.26. The summed E-state index contributed by atoms with van der Waals surface area (Å²) in [6.45, 7) is -0.330. The van der Waals surface area contributed by atoms with Gasteiger partial charge in [-0.05, 0) is 72.8 Å². The van der Waals surface area contributed by atoms with Gasteiger partial charge < -0.3 is 4.74 Å². The van der Waals surface area contributed by atoms with Gasteiger partial charge in [-0.2, -0.15) is 0 Å². The van der Waals surface area contributed by atoms with Crippen LogP contribution in [0.1, 0.15) is 10.4 Å².